The van der Waals surface area contributed by atoms with Gasteiger partial charge in [-0.1, -0.05) is 6.92 Å². The minimum absolute atomic E-state index is 0.00704. The Hall–Kier alpha value is -1.89. The predicted octanol–water partition coefficient (Wildman–Crippen LogP) is 1.77. The second kappa shape index (κ2) is 6.51. The van der Waals surface area contributed by atoms with Crippen LogP contribution in [0.15, 0.2) is 12.1 Å². The number of nitrogens with zero attached hydrogens (tertiary/aromatic N) is 3. The van der Waals surface area contributed by atoms with Crippen LogP contribution in [-0.4, -0.2) is 40.8 Å². The van der Waals surface area contributed by atoms with E-state index in [1.165, 1.54) is 6.07 Å². The minimum Gasteiger partial charge on any atom is -0.394 e. The van der Waals surface area contributed by atoms with E-state index in [2.05, 4.69) is 10.3 Å². The van der Waals surface area contributed by atoms with E-state index < -0.39 is 4.92 Å². The number of hydrogen-bond donors (Lipinski definition) is 2. The molecule has 2 rings (SSSR count). The standard InChI is InChI=1S/C13H20N4O3/c1-2-7-14-12-6-5-11(17(19)20)13(15-12)16-8-3-4-10(16)9-18/h5-6,10,18H,2-4,7-9H2,1H3,(H,14,15). The molecule has 0 radical (unpaired) electrons. The topological polar surface area (TPSA) is 91.5 Å². The van der Waals surface area contributed by atoms with Gasteiger partial charge in [-0.25, -0.2) is 4.98 Å². The average molecular weight is 280 g/mol. The summed E-state index contributed by atoms with van der Waals surface area (Å²) in [5.74, 6) is 0.990. The number of nitrogens with one attached hydrogen (secondary N) is 1. The summed E-state index contributed by atoms with van der Waals surface area (Å²) in [5, 5.41) is 23.7. The van der Waals surface area contributed by atoms with E-state index in [-0.39, 0.29) is 18.3 Å². The van der Waals surface area contributed by atoms with E-state index in [1.54, 1.807) is 6.07 Å². The van der Waals surface area contributed by atoms with Crippen molar-refractivity contribution in [3.05, 3.63) is 22.2 Å². The second-order valence-electron chi connectivity index (χ2n) is 4.90. The molecule has 1 aromatic rings. The molecule has 0 aromatic carbocycles. The lowest BCUT2D eigenvalue weighted by molar-refractivity contribution is -0.384. The molecule has 0 amide bonds. The summed E-state index contributed by atoms with van der Waals surface area (Å²) in [7, 11) is 0. The first-order chi connectivity index (χ1) is 9.67. The van der Waals surface area contributed by atoms with Crippen LogP contribution in [0.1, 0.15) is 26.2 Å². The first-order valence-corrected chi connectivity index (χ1v) is 6.94. The molecule has 0 bridgehead atoms. The van der Waals surface area contributed by atoms with E-state index in [0.29, 0.717) is 18.2 Å². The highest BCUT2D eigenvalue weighted by Crippen LogP contribution is 2.32. The number of aliphatic hydroxyl groups is 1. The zero-order valence-electron chi connectivity index (χ0n) is 11.6. The van der Waals surface area contributed by atoms with Gasteiger partial charge in [-0.05, 0) is 25.3 Å². The fourth-order valence-corrected chi connectivity index (χ4v) is 2.45. The second-order valence-corrected chi connectivity index (χ2v) is 4.90. The molecule has 20 heavy (non-hydrogen) atoms. The molecule has 0 saturated carbocycles. The quantitative estimate of drug-likeness (QED) is 0.609. The first kappa shape index (κ1) is 14.5. The molecular weight excluding hydrogens is 260 g/mol. The lowest BCUT2D eigenvalue weighted by atomic mass is 10.2. The number of rotatable bonds is 6. The van der Waals surface area contributed by atoms with Gasteiger partial charge in [0.15, 0.2) is 0 Å². The number of hydrogen-bond acceptors (Lipinski definition) is 6. The monoisotopic (exact) mass is 280 g/mol. The van der Waals surface area contributed by atoms with Crippen LogP contribution >= 0.6 is 0 Å². The Balaban J connectivity index is 2.33. The number of aliphatic hydroxyl groups excluding tert-OH is 1. The summed E-state index contributed by atoms with van der Waals surface area (Å²) in [4.78, 5) is 17.0. The molecule has 1 aliphatic rings. The zero-order valence-corrected chi connectivity index (χ0v) is 11.6. The molecule has 2 N–H and O–H groups in total. The molecule has 7 heteroatoms. The van der Waals surface area contributed by atoms with Crippen LogP contribution in [0.4, 0.5) is 17.3 Å². The van der Waals surface area contributed by atoms with Crippen LogP contribution in [0.25, 0.3) is 0 Å². The van der Waals surface area contributed by atoms with Crippen LogP contribution in [0.3, 0.4) is 0 Å². The van der Waals surface area contributed by atoms with Crippen LogP contribution in [0.5, 0.6) is 0 Å². The summed E-state index contributed by atoms with van der Waals surface area (Å²) < 4.78 is 0. The van der Waals surface area contributed by atoms with E-state index in [4.69, 9.17) is 0 Å². The van der Waals surface area contributed by atoms with Gasteiger partial charge in [0.1, 0.15) is 5.82 Å². The third kappa shape index (κ3) is 2.98. The summed E-state index contributed by atoms with van der Waals surface area (Å²) >= 11 is 0. The van der Waals surface area contributed by atoms with Gasteiger partial charge in [0.2, 0.25) is 5.82 Å². The van der Waals surface area contributed by atoms with Crippen molar-refractivity contribution in [3.8, 4) is 0 Å². The lowest BCUT2D eigenvalue weighted by Crippen LogP contribution is -2.33. The van der Waals surface area contributed by atoms with E-state index >= 15 is 0 Å². The molecule has 1 fully saturated rings. The molecular formula is C13H20N4O3. The fraction of sp³-hybridized carbons (Fsp3) is 0.615. The van der Waals surface area contributed by atoms with Crippen molar-refractivity contribution in [2.45, 2.75) is 32.2 Å². The predicted molar refractivity (Wildman–Crippen MR) is 77.1 cm³/mol. The van der Waals surface area contributed by atoms with Gasteiger partial charge in [-0.3, -0.25) is 10.1 Å². The van der Waals surface area contributed by atoms with Gasteiger partial charge >= 0.3 is 5.69 Å². The van der Waals surface area contributed by atoms with E-state index in [9.17, 15) is 15.2 Å². The highest BCUT2D eigenvalue weighted by molar-refractivity contribution is 5.62. The summed E-state index contributed by atoms with van der Waals surface area (Å²) in [6.45, 7) is 3.50. The minimum atomic E-state index is -0.418. The number of aromatic nitrogens is 1. The van der Waals surface area contributed by atoms with Crippen LogP contribution in [-0.2, 0) is 0 Å². The molecule has 7 nitrogen and oxygen atoms in total. The molecule has 2 heterocycles. The highest BCUT2D eigenvalue weighted by atomic mass is 16.6. The molecule has 1 saturated heterocycles. The highest BCUT2D eigenvalue weighted by Gasteiger charge is 2.30. The van der Waals surface area contributed by atoms with Crippen molar-refractivity contribution in [2.24, 2.45) is 0 Å². The molecule has 0 aliphatic carbocycles. The maximum atomic E-state index is 11.2. The van der Waals surface area contributed by atoms with Crippen molar-refractivity contribution < 1.29 is 10.0 Å². The smallest absolute Gasteiger partial charge is 0.311 e. The van der Waals surface area contributed by atoms with Crippen molar-refractivity contribution in [2.75, 3.05) is 29.9 Å². The summed E-state index contributed by atoms with van der Waals surface area (Å²) in [6, 6.07) is 3.02. The Morgan fingerprint density at radius 2 is 2.40 bits per heavy atom. The Kier molecular flexibility index (Phi) is 4.73. The Morgan fingerprint density at radius 3 is 3.05 bits per heavy atom. The van der Waals surface area contributed by atoms with Gasteiger partial charge in [0, 0.05) is 19.2 Å². The fourth-order valence-electron chi connectivity index (χ4n) is 2.45. The van der Waals surface area contributed by atoms with Crippen molar-refractivity contribution in [3.63, 3.8) is 0 Å². The summed E-state index contributed by atoms with van der Waals surface area (Å²) in [5.41, 5.74) is -0.00704. The maximum absolute atomic E-state index is 11.2. The number of pyridine rings is 1. The lowest BCUT2D eigenvalue weighted by Gasteiger charge is -2.24. The van der Waals surface area contributed by atoms with E-state index in [1.807, 2.05) is 11.8 Å². The molecule has 0 spiro atoms. The van der Waals surface area contributed by atoms with Gasteiger partial charge in [-0.2, -0.15) is 0 Å². The van der Waals surface area contributed by atoms with Gasteiger partial charge in [-0.15, -0.1) is 0 Å². The van der Waals surface area contributed by atoms with Gasteiger partial charge in [0.05, 0.1) is 17.6 Å². The number of nitro groups is 1. The third-order valence-corrected chi connectivity index (χ3v) is 3.47. The molecule has 1 aliphatic heterocycles. The van der Waals surface area contributed by atoms with Crippen molar-refractivity contribution >= 4 is 17.3 Å². The largest absolute Gasteiger partial charge is 0.394 e. The van der Waals surface area contributed by atoms with Crippen molar-refractivity contribution in [1.29, 1.82) is 0 Å². The van der Waals surface area contributed by atoms with Crippen LogP contribution < -0.4 is 10.2 Å². The van der Waals surface area contributed by atoms with Crippen LogP contribution in [0, 0.1) is 10.1 Å². The Labute approximate surface area is 117 Å². The molecule has 110 valence electrons. The summed E-state index contributed by atoms with van der Waals surface area (Å²) in [6.07, 6.45) is 2.70. The Bertz CT molecular complexity index is 481. The maximum Gasteiger partial charge on any atom is 0.311 e. The number of anilines is 2. The third-order valence-electron chi connectivity index (χ3n) is 3.47. The zero-order chi connectivity index (χ0) is 14.5. The van der Waals surface area contributed by atoms with Crippen molar-refractivity contribution in [1.82, 2.24) is 4.98 Å². The molecule has 1 aromatic heterocycles. The van der Waals surface area contributed by atoms with E-state index in [0.717, 1.165) is 25.8 Å². The average Bonchev–Trinajstić information content (AvgIpc) is 2.92. The Morgan fingerprint density at radius 1 is 1.60 bits per heavy atom. The normalized spacial score (nSPS) is 18.3. The van der Waals surface area contributed by atoms with Gasteiger partial charge < -0.3 is 15.3 Å². The van der Waals surface area contributed by atoms with Crippen LogP contribution in [0.2, 0.25) is 0 Å². The SMILES string of the molecule is CCCNc1ccc([N+](=O)[O-])c(N2CCCC2CO)n1. The molecule has 1 unspecified atom stereocenters. The van der Waals surface area contributed by atoms with Gasteiger partial charge in [0.25, 0.3) is 0 Å². The molecule has 1 atom stereocenters. The first-order valence-electron chi connectivity index (χ1n) is 6.94.